The van der Waals surface area contributed by atoms with Crippen molar-refractivity contribution in [3.63, 3.8) is 0 Å². The highest BCUT2D eigenvalue weighted by Crippen LogP contribution is 2.31. The Morgan fingerprint density at radius 3 is 2.92 bits per heavy atom. The Hall–Kier alpha value is -3.09. The first kappa shape index (κ1) is 16.8. The lowest BCUT2D eigenvalue weighted by Crippen LogP contribution is -2.37. The average molecular weight is 340 g/mol. The second-order valence-electron chi connectivity index (χ2n) is 6.17. The van der Waals surface area contributed by atoms with Gasteiger partial charge in [0.15, 0.2) is 0 Å². The zero-order valence-electron chi connectivity index (χ0n) is 14.0. The molecule has 7 nitrogen and oxygen atoms in total. The zero-order valence-corrected chi connectivity index (χ0v) is 14.0. The van der Waals surface area contributed by atoms with Crippen LogP contribution in [0.1, 0.15) is 17.5 Å². The minimum Gasteiger partial charge on any atom is -0.398 e. The second-order valence-corrected chi connectivity index (χ2v) is 6.17. The molecule has 1 aliphatic rings. The molecule has 1 aliphatic heterocycles. The van der Waals surface area contributed by atoms with E-state index >= 15 is 0 Å². The van der Waals surface area contributed by atoms with Crippen molar-refractivity contribution in [2.24, 2.45) is 0 Å². The van der Waals surface area contributed by atoms with Gasteiger partial charge in [0.25, 0.3) is 5.69 Å². The normalized spacial score (nSPS) is 13.2. The number of carbonyl (C=O) groups is 1. The van der Waals surface area contributed by atoms with Gasteiger partial charge in [0.05, 0.1) is 17.2 Å². The van der Waals surface area contributed by atoms with E-state index in [1.54, 1.807) is 13.0 Å². The number of amides is 1. The van der Waals surface area contributed by atoms with Gasteiger partial charge < -0.3 is 16.0 Å². The summed E-state index contributed by atoms with van der Waals surface area (Å²) in [6, 6.07) is 10.2. The smallest absolute Gasteiger partial charge is 0.271 e. The van der Waals surface area contributed by atoms with Gasteiger partial charge in [-0.05, 0) is 43.0 Å². The molecule has 0 bridgehead atoms. The van der Waals surface area contributed by atoms with Crippen molar-refractivity contribution in [2.75, 3.05) is 29.0 Å². The predicted molar refractivity (Wildman–Crippen MR) is 97.9 cm³/mol. The van der Waals surface area contributed by atoms with Crippen molar-refractivity contribution in [3.05, 3.63) is 57.6 Å². The summed E-state index contributed by atoms with van der Waals surface area (Å²) in [6.07, 6.45) is 1.84. The van der Waals surface area contributed by atoms with E-state index in [9.17, 15) is 14.9 Å². The summed E-state index contributed by atoms with van der Waals surface area (Å²) in [5.41, 5.74) is 10.0. The van der Waals surface area contributed by atoms with Gasteiger partial charge in [-0.1, -0.05) is 12.1 Å². The number of rotatable bonds is 4. The Kier molecular flexibility index (Phi) is 4.56. The Balaban J connectivity index is 1.76. The first-order chi connectivity index (χ1) is 12.0. The van der Waals surface area contributed by atoms with E-state index in [-0.39, 0.29) is 18.1 Å². The number of nitrogen functional groups attached to an aromatic ring is 1. The molecule has 0 radical (unpaired) electrons. The number of fused-ring (bicyclic) bond motifs is 1. The monoisotopic (exact) mass is 340 g/mol. The van der Waals surface area contributed by atoms with Gasteiger partial charge in [0.1, 0.15) is 0 Å². The number of nitrogens with one attached hydrogen (secondary N) is 1. The van der Waals surface area contributed by atoms with Crippen molar-refractivity contribution in [2.45, 2.75) is 19.8 Å². The number of hydrogen-bond donors (Lipinski definition) is 2. The van der Waals surface area contributed by atoms with E-state index in [1.165, 1.54) is 12.1 Å². The molecule has 25 heavy (non-hydrogen) atoms. The van der Waals surface area contributed by atoms with Crippen LogP contribution >= 0.6 is 0 Å². The summed E-state index contributed by atoms with van der Waals surface area (Å²) in [5.74, 6) is -0.209. The Morgan fingerprint density at radius 2 is 2.16 bits per heavy atom. The molecule has 1 heterocycles. The van der Waals surface area contributed by atoms with E-state index < -0.39 is 4.92 Å². The number of nitrogens with two attached hydrogens (primary N) is 1. The fraction of sp³-hybridized carbons (Fsp3) is 0.278. The summed E-state index contributed by atoms with van der Waals surface area (Å²) in [5, 5.41) is 13.7. The predicted octanol–water partition coefficient (Wildman–Crippen LogP) is 2.88. The molecule has 0 saturated heterocycles. The van der Waals surface area contributed by atoms with Crippen LogP contribution < -0.4 is 16.0 Å². The van der Waals surface area contributed by atoms with Crippen molar-refractivity contribution >= 4 is 28.7 Å². The molecule has 3 rings (SSSR count). The molecule has 0 fully saturated rings. The highest BCUT2D eigenvalue weighted by Gasteiger charge is 2.21. The molecule has 130 valence electrons. The number of aryl methyl sites for hydroxylation is 1. The molecule has 0 aliphatic carbocycles. The first-order valence-electron chi connectivity index (χ1n) is 8.13. The van der Waals surface area contributed by atoms with Gasteiger partial charge in [-0.2, -0.15) is 0 Å². The molecule has 2 aromatic carbocycles. The van der Waals surface area contributed by atoms with Gasteiger partial charge in [-0.25, -0.2) is 0 Å². The van der Waals surface area contributed by atoms with E-state index in [2.05, 4.69) is 5.32 Å². The SMILES string of the molecule is Cc1ccc([N+](=O)[O-])cc1NC(=O)CN1CCCc2c(N)cccc21. The third kappa shape index (κ3) is 3.55. The van der Waals surface area contributed by atoms with E-state index in [1.807, 2.05) is 23.1 Å². The molecule has 0 unspecified atom stereocenters. The van der Waals surface area contributed by atoms with Crippen LogP contribution in [0.25, 0.3) is 0 Å². The lowest BCUT2D eigenvalue weighted by atomic mass is 10.00. The summed E-state index contributed by atoms with van der Waals surface area (Å²) in [4.78, 5) is 24.9. The summed E-state index contributed by atoms with van der Waals surface area (Å²) in [7, 11) is 0. The zero-order chi connectivity index (χ0) is 18.0. The number of carbonyl (C=O) groups excluding carboxylic acids is 1. The first-order valence-corrected chi connectivity index (χ1v) is 8.13. The number of non-ortho nitro benzene ring substituents is 1. The van der Waals surface area contributed by atoms with Crippen LogP contribution in [0.15, 0.2) is 36.4 Å². The quantitative estimate of drug-likeness (QED) is 0.506. The number of hydrogen-bond acceptors (Lipinski definition) is 5. The average Bonchev–Trinajstić information content (AvgIpc) is 2.57. The van der Waals surface area contributed by atoms with Gasteiger partial charge in [-0.3, -0.25) is 14.9 Å². The second kappa shape index (κ2) is 6.80. The van der Waals surface area contributed by atoms with Crippen LogP contribution in [0.4, 0.5) is 22.7 Å². The van der Waals surface area contributed by atoms with Crippen molar-refractivity contribution in [1.29, 1.82) is 0 Å². The summed E-state index contributed by atoms with van der Waals surface area (Å²) in [6.45, 7) is 2.76. The molecule has 7 heteroatoms. The van der Waals surface area contributed by atoms with Gasteiger partial charge in [-0.15, -0.1) is 0 Å². The van der Waals surface area contributed by atoms with Gasteiger partial charge in [0, 0.05) is 30.1 Å². The number of anilines is 3. The van der Waals surface area contributed by atoms with Crippen LogP contribution in [-0.4, -0.2) is 23.9 Å². The van der Waals surface area contributed by atoms with Crippen molar-refractivity contribution in [3.8, 4) is 0 Å². The summed E-state index contributed by atoms with van der Waals surface area (Å²) >= 11 is 0. The largest absolute Gasteiger partial charge is 0.398 e. The van der Waals surface area contributed by atoms with E-state index in [0.29, 0.717) is 5.69 Å². The van der Waals surface area contributed by atoms with Crippen molar-refractivity contribution in [1.82, 2.24) is 0 Å². The number of benzene rings is 2. The van der Waals surface area contributed by atoms with E-state index in [0.717, 1.165) is 41.9 Å². The topological polar surface area (TPSA) is 102 Å². The van der Waals surface area contributed by atoms with Crippen LogP contribution in [0.3, 0.4) is 0 Å². The highest BCUT2D eigenvalue weighted by molar-refractivity contribution is 5.95. The number of nitro benzene ring substituents is 1. The number of nitrogens with zero attached hydrogens (tertiary/aromatic N) is 2. The lowest BCUT2D eigenvalue weighted by Gasteiger charge is -2.31. The molecule has 3 N–H and O–H groups in total. The fourth-order valence-electron chi connectivity index (χ4n) is 3.11. The Bertz CT molecular complexity index is 835. The maximum atomic E-state index is 12.5. The van der Waals surface area contributed by atoms with Crippen molar-refractivity contribution < 1.29 is 9.72 Å². The molecule has 0 atom stereocenters. The number of nitro groups is 1. The maximum Gasteiger partial charge on any atom is 0.271 e. The highest BCUT2D eigenvalue weighted by atomic mass is 16.6. The van der Waals surface area contributed by atoms with Gasteiger partial charge in [0.2, 0.25) is 5.91 Å². The third-order valence-corrected chi connectivity index (χ3v) is 4.42. The molecule has 0 saturated carbocycles. The Labute approximate surface area is 145 Å². The standard InChI is InChI=1S/C18H20N4O3/c1-12-7-8-13(22(24)25)10-16(12)20-18(23)11-21-9-3-4-14-15(19)5-2-6-17(14)21/h2,5-8,10H,3-4,9,11,19H2,1H3,(H,20,23). The Morgan fingerprint density at radius 1 is 1.36 bits per heavy atom. The summed E-state index contributed by atoms with van der Waals surface area (Å²) < 4.78 is 0. The molecular weight excluding hydrogens is 320 g/mol. The van der Waals surface area contributed by atoms with Crippen LogP contribution in [0.5, 0.6) is 0 Å². The fourth-order valence-corrected chi connectivity index (χ4v) is 3.11. The molecular formula is C18H20N4O3. The van der Waals surface area contributed by atoms with Gasteiger partial charge >= 0.3 is 0 Å². The van der Waals surface area contributed by atoms with Crippen LogP contribution in [0, 0.1) is 17.0 Å². The maximum absolute atomic E-state index is 12.5. The molecule has 2 aromatic rings. The molecule has 0 aromatic heterocycles. The molecule has 0 spiro atoms. The minimum absolute atomic E-state index is 0.0445. The minimum atomic E-state index is -0.473. The third-order valence-electron chi connectivity index (χ3n) is 4.42. The van der Waals surface area contributed by atoms with Crippen LogP contribution in [-0.2, 0) is 11.2 Å². The van der Waals surface area contributed by atoms with Crippen LogP contribution in [0.2, 0.25) is 0 Å². The molecule has 1 amide bonds. The van der Waals surface area contributed by atoms with E-state index in [4.69, 9.17) is 5.73 Å². The lowest BCUT2D eigenvalue weighted by molar-refractivity contribution is -0.384.